The van der Waals surface area contributed by atoms with E-state index in [1.165, 1.54) is 5.56 Å². The maximum Gasteiger partial charge on any atom is 0.163 e. The van der Waals surface area contributed by atoms with Gasteiger partial charge in [0.1, 0.15) is 0 Å². The summed E-state index contributed by atoms with van der Waals surface area (Å²) in [5.74, 6) is 1.26. The second kappa shape index (κ2) is 9.36. The van der Waals surface area contributed by atoms with Gasteiger partial charge in [-0.1, -0.05) is 30.3 Å². The lowest BCUT2D eigenvalue weighted by molar-refractivity contribution is 0.0960. The fourth-order valence-electron chi connectivity index (χ4n) is 3.07. The van der Waals surface area contributed by atoms with Crippen molar-refractivity contribution in [3.8, 4) is 11.5 Å². The summed E-state index contributed by atoms with van der Waals surface area (Å²) in [5, 5.41) is 6.71. The number of ketones is 1. The van der Waals surface area contributed by atoms with Crippen LogP contribution in [-0.2, 0) is 6.42 Å². The Morgan fingerprint density at radius 2 is 1.62 bits per heavy atom. The zero-order chi connectivity index (χ0) is 19.0. The minimum atomic E-state index is -0.340. The summed E-state index contributed by atoms with van der Waals surface area (Å²) in [6, 6.07) is 15.5. The third-order valence-electron chi connectivity index (χ3n) is 4.79. The van der Waals surface area contributed by atoms with E-state index in [4.69, 9.17) is 9.47 Å². The zero-order valence-corrected chi connectivity index (χ0v) is 16.0. The van der Waals surface area contributed by atoms with E-state index in [1.54, 1.807) is 32.4 Å². The van der Waals surface area contributed by atoms with Crippen LogP contribution in [0.15, 0.2) is 48.5 Å². The van der Waals surface area contributed by atoms with Gasteiger partial charge in [-0.2, -0.15) is 0 Å². The van der Waals surface area contributed by atoms with Crippen molar-refractivity contribution in [1.82, 2.24) is 10.6 Å². The van der Waals surface area contributed by atoms with Gasteiger partial charge in [-0.3, -0.25) is 4.79 Å². The van der Waals surface area contributed by atoms with E-state index in [0.717, 1.165) is 6.42 Å². The Kier molecular flexibility index (Phi) is 7.18. The second-order valence-electron chi connectivity index (χ2n) is 6.24. The van der Waals surface area contributed by atoms with Crippen molar-refractivity contribution in [3.05, 3.63) is 59.7 Å². The highest BCUT2D eigenvalue weighted by atomic mass is 16.5. The number of likely N-dealkylation sites (N-methyl/N-ethyl adjacent to an activating group) is 2. The normalized spacial score (nSPS) is 11.2. The van der Waals surface area contributed by atoms with E-state index < -0.39 is 0 Å². The van der Waals surface area contributed by atoms with Crippen LogP contribution in [-0.4, -0.2) is 39.8 Å². The number of rotatable bonds is 10. The molecule has 0 aliphatic carbocycles. The molecular formula is C21H28N2O3. The lowest BCUT2D eigenvalue weighted by Crippen LogP contribution is -2.55. The fraction of sp³-hybridized carbons (Fsp3) is 0.381. The van der Waals surface area contributed by atoms with E-state index in [2.05, 4.69) is 22.8 Å². The van der Waals surface area contributed by atoms with Gasteiger partial charge >= 0.3 is 0 Å². The average Bonchev–Trinajstić information content (AvgIpc) is 2.71. The van der Waals surface area contributed by atoms with Gasteiger partial charge in [0.05, 0.1) is 19.9 Å². The number of carbonyl (C=O) groups is 1. The molecule has 2 aromatic carbocycles. The van der Waals surface area contributed by atoms with Crippen LogP contribution >= 0.6 is 0 Å². The quantitative estimate of drug-likeness (QED) is 0.506. The molecule has 0 bridgehead atoms. The molecule has 0 unspecified atom stereocenters. The Morgan fingerprint density at radius 3 is 2.19 bits per heavy atom. The Labute approximate surface area is 155 Å². The Bertz CT molecular complexity index is 712. The molecular weight excluding hydrogens is 328 g/mol. The lowest BCUT2D eigenvalue weighted by atomic mass is 9.92. The average molecular weight is 356 g/mol. The van der Waals surface area contributed by atoms with Gasteiger partial charge in [-0.15, -0.1) is 0 Å². The van der Waals surface area contributed by atoms with Gasteiger partial charge in [-0.05, 0) is 44.3 Å². The van der Waals surface area contributed by atoms with Gasteiger partial charge in [0, 0.05) is 18.4 Å². The largest absolute Gasteiger partial charge is 0.493 e. The van der Waals surface area contributed by atoms with Crippen molar-refractivity contribution >= 4 is 5.78 Å². The highest BCUT2D eigenvalue weighted by molar-refractivity contribution is 5.96. The first kappa shape index (κ1) is 19.9. The van der Waals surface area contributed by atoms with Crippen molar-refractivity contribution in [1.29, 1.82) is 0 Å². The van der Waals surface area contributed by atoms with Gasteiger partial charge in [0.25, 0.3) is 0 Å². The summed E-state index contributed by atoms with van der Waals surface area (Å²) in [4.78, 5) is 12.7. The summed E-state index contributed by atoms with van der Waals surface area (Å²) < 4.78 is 10.5. The predicted octanol–water partition coefficient (Wildman–Crippen LogP) is 3.04. The maximum atomic E-state index is 12.7. The molecule has 0 heterocycles. The SMILES string of the molecule is CNC(CCC(=O)c1ccc(OC)c(OC)c1)(Cc1ccccc1)NC. The van der Waals surface area contributed by atoms with Crippen molar-refractivity contribution in [2.75, 3.05) is 28.3 Å². The first-order chi connectivity index (χ1) is 12.6. The predicted molar refractivity (Wildman–Crippen MR) is 104 cm³/mol. The molecule has 5 nitrogen and oxygen atoms in total. The molecule has 2 aromatic rings. The number of ether oxygens (including phenoxy) is 2. The molecule has 5 heteroatoms. The Balaban J connectivity index is 2.09. The molecule has 0 saturated heterocycles. The van der Waals surface area contributed by atoms with Gasteiger partial charge in [-0.25, -0.2) is 0 Å². The molecule has 0 aromatic heterocycles. The molecule has 0 amide bonds. The van der Waals surface area contributed by atoms with Crippen molar-refractivity contribution in [3.63, 3.8) is 0 Å². The molecule has 0 radical (unpaired) electrons. The van der Waals surface area contributed by atoms with Crippen LogP contribution in [0, 0.1) is 0 Å². The van der Waals surface area contributed by atoms with Crippen molar-refractivity contribution in [2.24, 2.45) is 0 Å². The topological polar surface area (TPSA) is 59.6 Å². The number of methoxy groups -OCH3 is 2. The molecule has 2 rings (SSSR count). The van der Waals surface area contributed by atoms with Crippen molar-refractivity contribution < 1.29 is 14.3 Å². The van der Waals surface area contributed by atoms with Crippen LogP contribution in [0.5, 0.6) is 11.5 Å². The van der Waals surface area contributed by atoms with Gasteiger partial charge in [0.2, 0.25) is 0 Å². The summed E-state index contributed by atoms with van der Waals surface area (Å²) >= 11 is 0. The van der Waals surface area contributed by atoms with Gasteiger partial charge in [0.15, 0.2) is 17.3 Å². The summed E-state index contributed by atoms with van der Waals surface area (Å²) in [6.07, 6.45) is 1.88. The molecule has 0 aliphatic heterocycles. The first-order valence-electron chi connectivity index (χ1n) is 8.74. The molecule has 0 aliphatic rings. The summed E-state index contributed by atoms with van der Waals surface area (Å²) in [7, 11) is 6.98. The minimum absolute atomic E-state index is 0.0777. The van der Waals surface area contributed by atoms with Crippen LogP contribution < -0.4 is 20.1 Å². The molecule has 0 saturated carbocycles. The minimum Gasteiger partial charge on any atom is -0.493 e. The van der Waals surface area contributed by atoms with E-state index >= 15 is 0 Å². The van der Waals surface area contributed by atoms with Crippen LogP contribution in [0.1, 0.15) is 28.8 Å². The molecule has 0 fully saturated rings. The van der Waals surface area contributed by atoms with E-state index in [-0.39, 0.29) is 11.4 Å². The number of carbonyl (C=O) groups excluding carboxylic acids is 1. The molecule has 26 heavy (non-hydrogen) atoms. The smallest absolute Gasteiger partial charge is 0.163 e. The number of hydrogen-bond donors (Lipinski definition) is 2. The summed E-state index contributed by atoms with van der Waals surface area (Å²) in [6.45, 7) is 0. The van der Waals surface area contributed by atoms with E-state index in [1.807, 2.05) is 32.3 Å². The standard InChI is InChI=1S/C21H28N2O3/c1-22-21(23-2,15-16-8-6-5-7-9-16)13-12-18(24)17-10-11-19(25-3)20(14-17)26-4/h5-11,14,22-23H,12-13,15H2,1-4H3. The number of nitrogens with one attached hydrogen (secondary N) is 2. The van der Waals surface area contributed by atoms with Crippen LogP contribution in [0.2, 0.25) is 0 Å². The van der Waals surface area contributed by atoms with E-state index in [0.29, 0.717) is 29.9 Å². The zero-order valence-electron chi connectivity index (χ0n) is 16.0. The fourth-order valence-corrected chi connectivity index (χ4v) is 3.07. The first-order valence-corrected chi connectivity index (χ1v) is 8.74. The number of Topliss-reactive ketones (excluding diaryl/α,β-unsaturated/α-hetero) is 1. The van der Waals surface area contributed by atoms with Gasteiger partial charge < -0.3 is 20.1 Å². The monoisotopic (exact) mass is 356 g/mol. The molecule has 0 atom stereocenters. The van der Waals surface area contributed by atoms with Crippen LogP contribution in [0.3, 0.4) is 0 Å². The highest BCUT2D eigenvalue weighted by Crippen LogP contribution is 2.28. The maximum absolute atomic E-state index is 12.7. The van der Waals surface area contributed by atoms with Crippen LogP contribution in [0.4, 0.5) is 0 Å². The third kappa shape index (κ3) is 4.84. The molecule has 2 N–H and O–H groups in total. The molecule has 0 spiro atoms. The number of hydrogen-bond acceptors (Lipinski definition) is 5. The van der Waals surface area contributed by atoms with Crippen LogP contribution in [0.25, 0.3) is 0 Å². The van der Waals surface area contributed by atoms with E-state index in [9.17, 15) is 4.79 Å². The Morgan fingerprint density at radius 1 is 0.962 bits per heavy atom. The highest BCUT2D eigenvalue weighted by Gasteiger charge is 2.27. The van der Waals surface area contributed by atoms with Crippen molar-refractivity contribution in [2.45, 2.75) is 24.9 Å². The lowest BCUT2D eigenvalue weighted by Gasteiger charge is -2.33. The number of benzene rings is 2. The second-order valence-corrected chi connectivity index (χ2v) is 6.24. The summed E-state index contributed by atoms with van der Waals surface area (Å²) in [5.41, 5.74) is 1.51. The third-order valence-corrected chi connectivity index (χ3v) is 4.79. The molecule has 140 valence electrons. The Hall–Kier alpha value is -2.37.